The lowest BCUT2D eigenvalue weighted by atomic mass is 10.2. The van der Waals surface area contributed by atoms with Crippen LogP contribution in [0.2, 0.25) is 0 Å². The number of carbonyl (C=O) groups excluding carboxylic acids is 1. The molecule has 1 fully saturated rings. The van der Waals surface area contributed by atoms with Crippen molar-refractivity contribution in [3.05, 3.63) is 50.7 Å². The third kappa shape index (κ3) is 2.69. The van der Waals surface area contributed by atoms with Crippen LogP contribution in [0.5, 0.6) is 0 Å². The van der Waals surface area contributed by atoms with Gasteiger partial charge in [-0.3, -0.25) is 4.79 Å². The molecule has 1 aliphatic rings. The van der Waals surface area contributed by atoms with E-state index in [-0.39, 0.29) is 5.91 Å². The van der Waals surface area contributed by atoms with Gasteiger partial charge >= 0.3 is 0 Å². The Kier molecular flexibility index (Phi) is 3.73. The second-order valence-electron chi connectivity index (χ2n) is 5.05. The molecule has 0 spiro atoms. The standard InChI is InChI=1S/C15H14Br2N2O/c1-9-12(17)3-2-4-13(9)18-15(20)14-7-10(16)8-19(14)11-5-6-11/h2-4,7-8,11H,5-6H2,1H3,(H,18,20). The molecule has 0 unspecified atom stereocenters. The van der Waals surface area contributed by atoms with Crippen molar-refractivity contribution in [2.24, 2.45) is 0 Å². The van der Waals surface area contributed by atoms with Gasteiger partial charge in [-0.15, -0.1) is 0 Å². The predicted octanol–water partition coefficient (Wildman–Crippen LogP) is 4.91. The number of anilines is 1. The summed E-state index contributed by atoms with van der Waals surface area (Å²) in [7, 11) is 0. The minimum Gasteiger partial charge on any atom is -0.339 e. The van der Waals surface area contributed by atoms with Gasteiger partial charge in [0, 0.05) is 26.9 Å². The molecule has 1 heterocycles. The van der Waals surface area contributed by atoms with Gasteiger partial charge in [0.25, 0.3) is 5.91 Å². The summed E-state index contributed by atoms with van der Waals surface area (Å²) in [5.74, 6) is -0.0659. The van der Waals surface area contributed by atoms with Crippen molar-refractivity contribution in [2.75, 3.05) is 5.32 Å². The minimum atomic E-state index is -0.0659. The zero-order valence-electron chi connectivity index (χ0n) is 11.0. The van der Waals surface area contributed by atoms with Crippen molar-refractivity contribution >= 4 is 43.5 Å². The van der Waals surface area contributed by atoms with Gasteiger partial charge in [0.1, 0.15) is 5.69 Å². The maximum Gasteiger partial charge on any atom is 0.272 e. The average Bonchev–Trinajstić information content (AvgIpc) is 3.18. The first-order valence-electron chi connectivity index (χ1n) is 6.50. The van der Waals surface area contributed by atoms with E-state index in [0.29, 0.717) is 11.7 Å². The maximum atomic E-state index is 12.5. The fourth-order valence-corrected chi connectivity index (χ4v) is 3.02. The molecule has 0 bridgehead atoms. The van der Waals surface area contributed by atoms with E-state index in [2.05, 4.69) is 41.7 Å². The molecule has 0 atom stereocenters. The van der Waals surface area contributed by atoms with Crippen LogP contribution in [0.3, 0.4) is 0 Å². The normalized spacial score (nSPS) is 14.3. The van der Waals surface area contributed by atoms with E-state index in [0.717, 1.165) is 33.0 Å². The van der Waals surface area contributed by atoms with Crippen LogP contribution in [0, 0.1) is 6.92 Å². The molecular weight excluding hydrogens is 384 g/mol. The summed E-state index contributed by atoms with van der Waals surface area (Å²) in [4.78, 5) is 12.5. The second kappa shape index (κ2) is 5.37. The summed E-state index contributed by atoms with van der Waals surface area (Å²) in [6, 6.07) is 8.15. The number of carbonyl (C=O) groups is 1. The molecule has 20 heavy (non-hydrogen) atoms. The number of nitrogens with one attached hydrogen (secondary N) is 1. The van der Waals surface area contributed by atoms with Gasteiger partial charge in [-0.05, 0) is 59.5 Å². The number of aromatic nitrogens is 1. The first kappa shape index (κ1) is 13.9. The highest BCUT2D eigenvalue weighted by molar-refractivity contribution is 9.10. The zero-order valence-corrected chi connectivity index (χ0v) is 14.2. The number of hydrogen-bond donors (Lipinski definition) is 1. The second-order valence-corrected chi connectivity index (χ2v) is 6.82. The third-order valence-electron chi connectivity index (χ3n) is 3.50. The smallest absolute Gasteiger partial charge is 0.272 e. The molecule has 3 rings (SSSR count). The Labute approximate surface area is 134 Å². The van der Waals surface area contributed by atoms with E-state index in [4.69, 9.17) is 0 Å². The summed E-state index contributed by atoms with van der Waals surface area (Å²) >= 11 is 6.93. The molecule has 1 aliphatic carbocycles. The lowest BCUT2D eigenvalue weighted by Crippen LogP contribution is -2.17. The lowest BCUT2D eigenvalue weighted by molar-refractivity contribution is 0.101. The van der Waals surface area contributed by atoms with E-state index < -0.39 is 0 Å². The van der Waals surface area contributed by atoms with Gasteiger partial charge < -0.3 is 9.88 Å². The highest BCUT2D eigenvalue weighted by atomic mass is 79.9. The Bertz CT molecular complexity index is 675. The van der Waals surface area contributed by atoms with Crippen molar-refractivity contribution in [1.82, 2.24) is 4.57 Å². The number of rotatable bonds is 3. The van der Waals surface area contributed by atoms with Crippen molar-refractivity contribution in [1.29, 1.82) is 0 Å². The predicted molar refractivity (Wildman–Crippen MR) is 87.2 cm³/mol. The quantitative estimate of drug-likeness (QED) is 0.784. The van der Waals surface area contributed by atoms with Gasteiger partial charge in [-0.2, -0.15) is 0 Å². The Morgan fingerprint density at radius 2 is 2.10 bits per heavy atom. The third-order valence-corrected chi connectivity index (χ3v) is 4.80. The first-order chi connectivity index (χ1) is 9.56. The number of nitrogens with zero attached hydrogens (tertiary/aromatic N) is 1. The summed E-state index contributed by atoms with van der Waals surface area (Å²) < 4.78 is 4.00. The molecule has 1 aromatic carbocycles. The molecule has 3 nitrogen and oxygen atoms in total. The van der Waals surface area contributed by atoms with E-state index in [1.807, 2.05) is 37.4 Å². The van der Waals surface area contributed by atoms with Crippen LogP contribution in [0.4, 0.5) is 5.69 Å². The Balaban J connectivity index is 1.88. The molecule has 0 radical (unpaired) electrons. The van der Waals surface area contributed by atoms with Crippen LogP contribution in [0.15, 0.2) is 39.4 Å². The topological polar surface area (TPSA) is 34.0 Å². The minimum absolute atomic E-state index is 0.0659. The van der Waals surface area contributed by atoms with E-state index >= 15 is 0 Å². The van der Waals surface area contributed by atoms with E-state index in [1.54, 1.807) is 0 Å². The molecule has 1 N–H and O–H groups in total. The Morgan fingerprint density at radius 3 is 2.80 bits per heavy atom. The zero-order chi connectivity index (χ0) is 14.3. The van der Waals surface area contributed by atoms with Gasteiger partial charge in [-0.25, -0.2) is 0 Å². The largest absolute Gasteiger partial charge is 0.339 e. The van der Waals surface area contributed by atoms with E-state index in [1.165, 1.54) is 0 Å². The molecule has 2 aromatic rings. The number of hydrogen-bond acceptors (Lipinski definition) is 1. The van der Waals surface area contributed by atoms with Crippen molar-refractivity contribution in [3.63, 3.8) is 0 Å². The SMILES string of the molecule is Cc1c(Br)cccc1NC(=O)c1cc(Br)cn1C1CC1. The van der Waals surface area contributed by atoms with E-state index in [9.17, 15) is 4.79 Å². The number of benzene rings is 1. The van der Waals surface area contributed by atoms with Crippen molar-refractivity contribution < 1.29 is 4.79 Å². The van der Waals surface area contributed by atoms with Gasteiger partial charge in [0.15, 0.2) is 0 Å². The summed E-state index contributed by atoms with van der Waals surface area (Å²) in [5.41, 5.74) is 2.58. The number of halogens is 2. The van der Waals surface area contributed by atoms with Crippen molar-refractivity contribution in [3.8, 4) is 0 Å². The lowest BCUT2D eigenvalue weighted by Gasteiger charge is -2.11. The Morgan fingerprint density at radius 1 is 1.35 bits per heavy atom. The molecule has 0 saturated heterocycles. The Hall–Kier alpha value is -1.07. The van der Waals surface area contributed by atoms with Crippen LogP contribution in [-0.2, 0) is 0 Å². The highest BCUT2D eigenvalue weighted by Crippen LogP contribution is 2.37. The summed E-state index contributed by atoms with van der Waals surface area (Å²) in [6.07, 6.45) is 4.29. The van der Waals surface area contributed by atoms with Crippen molar-refractivity contribution in [2.45, 2.75) is 25.8 Å². The summed E-state index contributed by atoms with van der Waals surface area (Å²) in [5, 5.41) is 2.99. The fraction of sp³-hybridized carbons (Fsp3) is 0.267. The molecule has 104 valence electrons. The fourth-order valence-electron chi connectivity index (χ4n) is 2.21. The maximum absolute atomic E-state index is 12.5. The molecule has 0 aliphatic heterocycles. The average molecular weight is 398 g/mol. The van der Waals surface area contributed by atoms with Gasteiger partial charge in [0.2, 0.25) is 0 Å². The van der Waals surface area contributed by atoms with Crippen LogP contribution in [0.1, 0.15) is 34.9 Å². The first-order valence-corrected chi connectivity index (χ1v) is 8.08. The van der Waals surface area contributed by atoms with Crippen LogP contribution in [0.25, 0.3) is 0 Å². The molecular formula is C15H14Br2N2O. The van der Waals surface area contributed by atoms with Crippen LogP contribution < -0.4 is 5.32 Å². The molecule has 5 heteroatoms. The monoisotopic (exact) mass is 396 g/mol. The van der Waals surface area contributed by atoms with Gasteiger partial charge in [-0.1, -0.05) is 22.0 Å². The highest BCUT2D eigenvalue weighted by Gasteiger charge is 2.27. The van der Waals surface area contributed by atoms with Gasteiger partial charge in [0.05, 0.1) is 0 Å². The summed E-state index contributed by atoms with van der Waals surface area (Å²) in [6.45, 7) is 1.98. The molecule has 1 amide bonds. The van der Waals surface area contributed by atoms with Crippen LogP contribution in [-0.4, -0.2) is 10.5 Å². The van der Waals surface area contributed by atoms with Crippen LogP contribution >= 0.6 is 31.9 Å². The molecule has 1 aromatic heterocycles. The molecule has 1 saturated carbocycles. The number of amides is 1.